The second-order valence-electron chi connectivity index (χ2n) is 4.16. The summed E-state index contributed by atoms with van der Waals surface area (Å²) in [6.07, 6.45) is 4.73. The van der Waals surface area contributed by atoms with Crippen molar-refractivity contribution in [3.8, 4) is 0 Å². The van der Waals surface area contributed by atoms with E-state index in [2.05, 4.69) is 12.2 Å². The third kappa shape index (κ3) is 7.47. The molecule has 1 aromatic rings. The van der Waals surface area contributed by atoms with Crippen LogP contribution in [0.25, 0.3) is 0 Å². The Bertz CT molecular complexity index is 264. The first-order valence-corrected chi connectivity index (χ1v) is 7.42. The highest BCUT2D eigenvalue weighted by Gasteiger charge is 2.03. The van der Waals surface area contributed by atoms with Gasteiger partial charge in [-0.3, -0.25) is 0 Å². The van der Waals surface area contributed by atoms with E-state index < -0.39 is 0 Å². The highest BCUT2D eigenvalue weighted by Crippen LogP contribution is 2.06. The van der Waals surface area contributed by atoms with Crippen molar-refractivity contribution in [1.29, 1.82) is 0 Å². The summed E-state index contributed by atoms with van der Waals surface area (Å²) in [6.45, 7) is 3.55. The summed E-state index contributed by atoms with van der Waals surface area (Å²) < 4.78 is 5.30. The van der Waals surface area contributed by atoms with E-state index in [1.807, 2.05) is 23.9 Å². The fourth-order valence-corrected chi connectivity index (χ4v) is 2.36. The predicted molar refractivity (Wildman–Crippen MR) is 73.5 cm³/mol. The normalized spacial score (nSPS) is 12.8. The van der Waals surface area contributed by atoms with Crippen molar-refractivity contribution in [2.24, 2.45) is 0 Å². The van der Waals surface area contributed by atoms with Crippen molar-refractivity contribution in [3.63, 3.8) is 0 Å². The van der Waals surface area contributed by atoms with Gasteiger partial charge in [0.05, 0.1) is 6.26 Å². The Morgan fingerprint density at radius 1 is 1.47 bits per heavy atom. The molecule has 98 valence electrons. The van der Waals surface area contributed by atoms with Crippen LogP contribution in [0.15, 0.2) is 22.8 Å². The second-order valence-corrected chi connectivity index (χ2v) is 5.39. The van der Waals surface area contributed by atoms with Crippen molar-refractivity contribution in [3.05, 3.63) is 24.2 Å². The first-order valence-electron chi connectivity index (χ1n) is 6.27. The highest BCUT2D eigenvalue weighted by atomic mass is 32.2. The number of nitrogens with one attached hydrogen (secondary N) is 1. The van der Waals surface area contributed by atoms with E-state index in [1.54, 1.807) is 6.26 Å². The van der Waals surface area contributed by atoms with Gasteiger partial charge >= 0.3 is 0 Å². The Balaban J connectivity index is 1.92. The van der Waals surface area contributed by atoms with E-state index in [0.29, 0.717) is 12.6 Å². The molecule has 1 rings (SSSR count). The highest BCUT2D eigenvalue weighted by molar-refractivity contribution is 7.99. The van der Waals surface area contributed by atoms with Crippen molar-refractivity contribution in [1.82, 2.24) is 5.32 Å². The Kier molecular flexibility index (Phi) is 8.22. The van der Waals surface area contributed by atoms with Crippen LogP contribution in [-0.4, -0.2) is 35.8 Å². The lowest BCUT2D eigenvalue weighted by Gasteiger charge is -2.12. The van der Waals surface area contributed by atoms with Crippen LogP contribution in [0.5, 0.6) is 0 Å². The average molecular weight is 257 g/mol. The molecule has 2 N–H and O–H groups in total. The molecule has 0 aliphatic rings. The Morgan fingerprint density at radius 2 is 2.35 bits per heavy atom. The number of thioether (sulfide) groups is 1. The van der Waals surface area contributed by atoms with E-state index in [0.717, 1.165) is 43.1 Å². The molecule has 17 heavy (non-hydrogen) atoms. The first kappa shape index (κ1) is 14.6. The predicted octanol–water partition coefficient (Wildman–Crippen LogP) is 2.31. The average Bonchev–Trinajstić information content (AvgIpc) is 2.84. The zero-order chi connectivity index (χ0) is 12.3. The number of furan rings is 1. The van der Waals surface area contributed by atoms with Gasteiger partial charge in [-0.2, -0.15) is 11.8 Å². The molecule has 1 atom stereocenters. The molecule has 0 fully saturated rings. The topological polar surface area (TPSA) is 45.4 Å². The second kappa shape index (κ2) is 9.57. The summed E-state index contributed by atoms with van der Waals surface area (Å²) in [4.78, 5) is 0. The fourth-order valence-electron chi connectivity index (χ4n) is 1.56. The minimum atomic E-state index is 0.306. The van der Waals surface area contributed by atoms with Gasteiger partial charge in [0.2, 0.25) is 0 Å². The van der Waals surface area contributed by atoms with Gasteiger partial charge in [0.25, 0.3) is 0 Å². The quantitative estimate of drug-likeness (QED) is 0.631. The Morgan fingerprint density at radius 3 is 3.06 bits per heavy atom. The van der Waals surface area contributed by atoms with Crippen LogP contribution in [0.3, 0.4) is 0 Å². The third-order valence-electron chi connectivity index (χ3n) is 2.59. The number of aliphatic hydroxyl groups is 1. The van der Waals surface area contributed by atoms with Gasteiger partial charge in [0, 0.05) is 31.4 Å². The molecule has 1 unspecified atom stereocenters. The lowest BCUT2D eigenvalue weighted by atomic mass is 10.1. The zero-order valence-corrected chi connectivity index (χ0v) is 11.3. The molecule has 0 aliphatic carbocycles. The number of aryl methyl sites for hydroxylation is 1. The van der Waals surface area contributed by atoms with Crippen molar-refractivity contribution < 1.29 is 9.52 Å². The van der Waals surface area contributed by atoms with E-state index in [1.165, 1.54) is 0 Å². The third-order valence-corrected chi connectivity index (χ3v) is 3.66. The van der Waals surface area contributed by atoms with Crippen molar-refractivity contribution >= 4 is 11.8 Å². The Labute approximate surface area is 108 Å². The summed E-state index contributed by atoms with van der Waals surface area (Å²) in [6, 6.07) is 4.49. The van der Waals surface area contributed by atoms with Crippen LogP contribution in [0.2, 0.25) is 0 Å². The lowest BCUT2D eigenvalue weighted by Crippen LogP contribution is -2.28. The van der Waals surface area contributed by atoms with Crippen LogP contribution < -0.4 is 5.32 Å². The van der Waals surface area contributed by atoms with Crippen molar-refractivity contribution in [2.75, 3.05) is 24.7 Å². The van der Waals surface area contributed by atoms with Gasteiger partial charge in [0.1, 0.15) is 5.76 Å². The maximum absolute atomic E-state index is 8.63. The molecule has 0 spiro atoms. The molecule has 0 saturated carbocycles. The summed E-state index contributed by atoms with van der Waals surface area (Å²) >= 11 is 1.89. The molecule has 0 radical (unpaired) electrons. The van der Waals surface area contributed by atoms with E-state index in [9.17, 15) is 0 Å². The Hall–Kier alpha value is -0.450. The smallest absolute Gasteiger partial charge is 0.103 e. The fraction of sp³-hybridized carbons (Fsp3) is 0.692. The summed E-state index contributed by atoms with van der Waals surface area (Å²) in [7, 11) is 0. The minimum absolute atomic E-state index is 0.306. The molecule has 0 aromatic carbocycles. The van der Waals surface area contributed by atoms with Gasteiger partial charge < -0.3 is 14.8 Å². The maximum atomic E-state index is 8.63. The van der Waals surface area contributed by atoms with Gasteiger partial charge in [0.15, 0.2) is 0 Å². The van der Waals surface area contributed by atoms with Gasteiger partial charge in [-0.1, -0.05) is 0 Å². The molecule has 0 saturated heterocycles. The number of aliphatic hydroxyl groups excluding tert-OH is 1. The molecule has 4 heteroatoms. The van der Waals surface area contributed by atoms with Gasteiger partial charge in [-0.15, -0.1) is 0 Å². The molecule has 1 aromatic heterocycles. The monoisotopic (exact) mass is 257 g/mol. The van der Waals surface area contributed by atoms with Gasteiger partial charge in [-0.05, 0) is 37.7 Å². The molecule has 0 aliphatic heterocycles. The van der Waals surface area contributed by atoms with Crippen LogP contribution >= 0.6 is 11.8 Å². The maximum Gasteiger partial charge on any atom is 0.103 e. The summed E-state index contributed by atoms with van der Waals surface area (Å²) in [5, 5.41) is 12.1. The van der Waals surface area contributed by atoms with E-state index in [-0.39, 0.29) is 0 Å². The number of hydrogen-bond donors (Lipinski definition) is 2. The molecular formula is C13H23NO2S. The van der Waals surface area contributed by atoms with E-state index in [4.69, 9.17) is 9.52 Å². The van der Waals surface area contributed by atoms with Crippen LogP contribution in [-0.2, 0) is 6.42 Å². The summed E-state index contributed by atoms with van der Waals surface area (Å²) in [5.41, 5.74) is 0. The molecule has 3 nitrogen and oxygen atoms in total. The molecular weight excluding hydrogens is 234 g/mol. The van der Waals surface area contributed by atoms with Crippen LogP contribution in [0.4, 0.5) is 0 Å². The van der Waals surface area contributed by atoms with Crippen molar-refractivity contribution in [2.45, 2.75) is 32.2 Å². The van der Waals surface area contributed by atoms with E-state index >= 15 is 0 Å². The molecule has 0 amide bonds. The van der Waals surface area contributed by atoms with Gasteiger partial charge in [-0.25, -0.2) is 0 Å². The molecule has 1 heterocycles. The first-order chi connectivity index (χ1) is 8.33. The number of hydrogen-bond acceptors (Lipinski definition) is 4. The standard InChI is InChI=1S/C13H23NO2S/c1-12(5-6-13-4-2-9-16-13)14-7-11-17-10-3-8-15/h2,4,9,12,14-15H,3,5-8,10-11H2,1H3. The molecule has 0 bridgehead atoms. The van der Waals surface area contributed by atoms with Crippen LogP contribution in [0, 0.1) is 0 Å². The minimum Gasteiger partial charge on any atom is -0.469 e. The lowest BCUT2D eigenvalue weighted by molar-refractivity contribution is 0.296. The summed E-state index contributed by atoms with van der Waals surface area (Å²) in [5.74, 6) is 3.24. The van der Waals surface area contributed by atoms with Crippen LogP contribution in [0.1, 0.15) is 25.5 Å². The number of rotatable bonds is 10. The SMILES string of the molecule is CC(CCc1ccco1)NCCSCCCO. The largest absolute Gasteiger partial charge is 0.469 e. The zero-order valence-electron chi connectivity index (χ0n) is 10.5.